The summed E-state index contributed by atoms with van der Waals surface area (Å²) in [6.45, 7) is 0. The molecule has 0 saturated heterocycles. The Kier molecular flexibility index (Phi) is 6.43. The van der Waals surface area contributed by atoms with E-state index in [2.05, 4.69) is 10.6 Å². The number of nitrogens with zero attached hydrogens (tertiary/aromatic N) is 2. The molecule has 8 nitrogen and oxygen atoms in total. The molecule has 1 aromatic heterocycles. The predicted molar refractivity (Wildman–Crippen MR) is 141 cm³/mol. The number of benzene rings is 3. The standard InChI is InChI=1S/C27H23ClN4O4/c1-36-25-9-5-4-8-23(25)31-26-18-6-2-3-7-21(18)30-22-13-11-17(15-19(22)26)29-27(33)16-10-12-20(28)24(14-16)32(34)35/h4-5,8-15H,2-3,6-7H2,1H3,(H,29,33)(H,30,31). The Bertz CT molecular complexity index is 1510. The number of fused-ring (bicyclic) bond motifs is 2. The maximum absolute atomic E-state index is 12.9. The second kappa shape index (κ2) is 9.83. The van der Waals surface area contributed by atoms with Crippen molar-refractivity contribution in [2.75, 3.05) is 17.7 Å². The predicted octanol–water partition coefficient (Wildman–Crippen LogP) is 6.68. The fourth-order valence-corrected chi connectivity index (χ4v) is 4.71. The van der Waals surface area contributed by atoms with Crippen LogP contribution in [0.5, 0.6) is 5.75 Å². The van der Waals surface area contributed by atoms with Gasteiger partial charge in [-0.25, -0.2) is 0 Å². The Morgan fingerprint density at radius 1 is 1.08 bits per heavy atom. The van der Waals surface area contributed by atoms with E-state index in [9.17, 15) is 14.9 Å². The lowest BCUT2D eigenvalue weighted by atomic mass is 9.92. The van der Waals surface area contributed by atoms with Gasteiger partial charge in [0.1, 0.15) is 10.8 Å². The molecule has 0 aliphatic heterocycles. The van der Waals surface area contributed by atoms with Gasteiger partial charge < -0.3 is 15.4 Å². The molecule has 0 saturated carbocycles. The average molecular weight is 503 g/mol. The molecule has 3 aromatic carbocycles. The van der Waals surface area contributed by atoms with E-state index in [0.29, 0.717) is 5.69 Å². The number of amides is 1. The molecule has 0 spiro atoms. The first-order chi connectivity index (χ1) is 17.4. The molecular weight excluding hydrogens is 480 g/mol. The topological polar surface area (TPSA) is 106 Å². The highest BCUT2D eigenvalue weighted by atomic mass is 35.5. The number of carbonyl (C=O) groups excluding carboxylic acids is 1. The van der Waals surface area contributed by atoms with Gasteiger partial charge in [0.15, 0.2) is 0 Å². The lowest BCUT2D eigenvalue weighted by Gasteiger charge is -2.23. The summed E-state index contributed by atoms with van der Waals surface area (Å²) >= 11 is 5.89. The molecule has 36 heavy (non-hydrogen) atoms. The molecule has 182 valence electrons. The number of para-hydroxylation sites is 2. The largest absolute Gasteiger partial charge is 0.495 e. The van der Waals surface area contributed by atoms with Crippen molar-refractivity contribution < 1.29 is 14.5 Å². The molecule has 1 aliphatic rings. The van der Waals surface area contributed by atoms with Crippen LogP contribution in [0.2, 0.25) is 5.02 Å². The van der Waals surface area contributed by atoms with Gasteiger partial charge in [0.05, 0.1) is 28.9 Å². The van der Waals surface area contributed by atoms with Crippen molar-refractivity contribution in [3.05, 3.63) is 92.6 Å². The SMILES string of the molecule is COc1ccccc1Nc1c2c(nc3ccc(NC(=O)c4ccc(Cl)c([N+](=O)[O-])c4)cc13)CCCC2. The van der Waals surface area contributed by atoms with Gasteiger partial charge in [0.2, 0.25) is 0 Å². The summed E-state index contributed by atoms with van der Waals surface area (Å²) in [6.07, 6.45) is 3.99. The maximum atomic E-state index is 12.9. The number of hydrogen-bond acceptors (Lipinski definition) is 6. The van der Waals surface area contributed by atoms with Crippen molar-refractivity contribution in [1.82, 2.24) is 4.98 Å². The minimum absolute atomic E-state index is 0.0230. The van der Waals surface area contributed by atoms with Crippen LogP contribution in [-0.2, 0) is 12.8 Å². The smallest absolute Gasteiger partial charge is 0.288 e. The molecule has 0 atom stereocenters. The van der Waals surface area contributed by atoms with Crippen LogP contribution in [0.15, 0.2) is 60.7 Å². The summed E-state index contributed by atoms with van der Waals surface area (Å²) in [4.78, 5) is 28.4. The summed E-state index contributed by atoms with van der Waals surface area (Å²) < 4.78 is 5.54. The van der Waals surface area contributed by atoms with Crippen LogP contribution >= 0.6 is 11.6 Å². The number of rotatable bonds is 6. The molecule has 9 heteroatoms. The van der Waals surface area contributed by atoms with E-state index in [1.807, 2.05) is 36.4 Å². The Labute approximate surface area is 212 Å². The highest BCUT2D eigenvalue weighted by molar-refractivity contribution is 6.32. The summed E-state index contributed by atoms with van der Waals surface area (Å²) in [5.74, 6) is 0.250. The normalized spacial score (nSPS) is 12.6. The van der Waals surface area contributed by atoms with Crippen molar-refractivity contribution in [2.24, 2.45) is 0 Å². The summed E-state index contributed by atoms with van der Waals surface area (Å²) in [6, 6.07) is 17.2. The molecule has 1 heterocycles. The second-order valence-corrected chi connectivity index (χ2v) is 8.96. The van der Waals surface area contributed by atoms with Gasteiger partial charge in [-0.15, -0.1) is 0 Å². The van der Waals surface area contributed by atoms with Gasteiger partial charge in [-0.3, -0.25) is 19.9 Å². The van der Waals surface area contributed by atoms with E-state index in [1.54, 1.807) is 13.2 Å². The first-order valence-electron chi connectivity index (χ1n) is 11.6. The molecule has 2 N–H and O–H groups in total. The molecule has 4 aromatic rings. The first kappa shape index (κ1) is 23.6. The highest BCUT2D eigenvalue weighted by Crippen LogP contribution is 2.38. The Morgan fingerprint density at radius 2 is 1.89 bits per heavy atom. The van der Waals surface area contributed by atoms with Gasteiger partial charge >= 0.3 is 0 Å². The number of pyridine rings is 1. The zero-order valence-corrected chi connectivity index (χ0v) is 20.3. The fraction of sp³-hybridized carbons (Fsp3) is 0.185. The van der Waals surface area contributed by atoms with Crippen molar-refractivity contribution in [3.63, 3.8) is 0 Å². The van der Waals surface area contributed by atoms with Crippen molar-refractivity contribution in [1.29, 1.82) is 0 Å². The van der Waals surface area contributed by atoms with Crippen LogP contribution in [0, 0.1) is 10.1 Å². The monoisotopic (exact) mass is 502 g/mol. The van der Waals surface area contributed by atoms with Crippen LogP contribution in [0.1, 0.15) is 34.5 Å². The number of aryl methyl sites for hydroxylation is 1. The summed E-state index contributed by atoms with van der Waals surface area (Å²) in [5, 5.41) is 18.5. The molecule has 0 fully saturated rings. The van der Waals surface area contributed by atoms with E-state index in [4.69, 9.17) is 21.3 Å². The Balaban J connectivity index is 1.55. The number of nitro groups is 1. The number of hydrogen-bond donors (Lipinski definition) is 2. The van der Waals surface area contributed by atoms with Gasteiger partial charge in [-0.2, -0.15) is 0 Å². The van der Waals surface area contributed by atoms with Crippen molar-refractivity contribution in [2.45, 2.75) is 25.7 Å². The molecule has 0 unspecified atom stereocenters. The molecule has 0 bridgehead atoms. The number of carbonyl (C=O) groups is 1. The quantitative estimate of drug-likeness (QED) is 0.225. The number of nitrogens with one attached hydrogen (secondary N) is 2. The molecule has 5 rings (SSSR count). The number of ether oxygens (including phenoxy) is 1. The molecular formula is C27H23ClN4O4. The van der Waals surface area contributed by atoms with E-state index in [0.717, 1.165) is 65.0 Å². The number of methoxy groups -OCH3 is 1. The number of anilines is 3. The van der Waals surface area contributed by atoms with Crippen LogP contribution < -0.4 is 15.4 Å². The maximum Gasteiger partial charge on any atom is 0.288 e. The van der Waals surface area contributed by atoms with Crippen LogP contribution in [0.3, 0.4) is 0 Å². The zero-order chi connectivity index (χ0) is 25.2. The van der Waals surface area contributed by atoms with Crippen LogP contribution in [0.25, 0.3) is 10.9 Å². The van der Waals surface area contributed by atoms with Crippen molar-refractivity contribution >= 4 is 51.2 Å². The van der Waals surface area contributed by atoms with Gasteiger partial charge in [-0.1, -0.05) is 23.7 Å². The lowest BCUT2D eigenvalue weighted by Crippen LogP contribution is -2.13. The molecule has 1 amide bonds. The molecule has 0 radical (unpaired) electrons. The van der Waals surface area contributed by atoms with E-state index >= 15 is 0 Å². The van der Waals surface area contributed by atoms with Crippen LogP contribution in [0.4, 0.5) is 22.7 Å². The van der Waals surface area contributed by atoms with E-state index in [-0.39, 0.29) is 16.3 Å². The summed E-state index contributed by atoms with van der Waals surface area (Å²) in [7, 11) is 1.63. The Hall–Kier alpha value is -4.17. The lowest BCUT2D eigenvalue weighted by molar-refractivity contribution is -0.384. The third-order valence-corrected chi connectivity index (χ3v) is 6.61. The highest BCUT2D eigenvalue weighted by Gasteiger charge is 2.21. The first-order valence-corrected chi connectivity index (χ1v) is 11.9. The summed E-state index contributed by atoms with van der Waals surface area (Å²) in [5.41, 5.74) is 5.21. The molecule has 1 aliphatic carbocycles. The zero-order valence-electron chi connectivity index (χ0n) is 19.5. The van der Waals surface area contributed by atoms with Crippen molar-refractivity contribution in [3.8, 4) is 5.75 Å². The second-order valence-electron chi connectivity index (χ2n) is 8.55. The third-order valence-electron chi connectivity index (χ3n) is 6.29. The number of halogens is 1. The van der Waals surface area contributed by atoms with E-state index < -0.39 is 10.8 Å². The van der Waals surface area contributed by atoms with Gasteiger partial charge in [-0.05, 0) is 73.7 Å². The number of aromatic nitrogens is 1. The van der Waals surface area contributed by atoms with Gasteiger partial charge in [0.25, 0.3) is 11.6 Å². The van der Waals surface area contributed by atoms with E-state index in [1.165, 1.54) is 18.2 Å². The average Bonchev–Trinajstić information content (AvgIpc) is 2.89. The number of nitro benzene ring substituents is 1. The fourth-order valence-electron chi connectivity index (χ4n) is 4.52. The third kappa shape index (κ3) is 4.55. The minimum atomic E-state index is -0.611. The van der Waals surface area contributed by atoms with Gasteiger partial charge in [0, 0.05) is 28.4 Å². The Morgan fingerprint density at radius 3 is 2.69 bits per heavy atom. The minimum Gasteiger partial charge on any atom is -0.495 e. The van der Waals surface area contributed by atoms with Crippen LogP contribution in [-0.4, -0.2) is 22.9 Å².